The molecular weight excluding hydrogens is 365 g/mol. The van der Waals surface area contributed by atoms with Crippen LogP contribution in [0.15, 0.2) is 30.6 Å². The number of piperazine rings is 1. The van der Waals surface area contributed by atoms with Crippen molar-refractivity contribution in [2.45, 2.75) is 26.2 Å². The van der Waals surface area contributed by atoms with Crippen molar-refractivity contribution in [3.05, 3.63) is 47.4 Å². The molecule has 0 spiro atoms. The van der Waals surface area contributed by atoms with Gasteiger partial charge in [-0.05, 0) is 48.7 Å². The molecule has 2 aliphatic rings. The van der Waals surface area contributed by atoms with E-state index in [4.69, 9.17) is 4.98 Å². The zero-order valence-corrected chi connectivity index (χ0v) is 17.9. The predicted molar refractivity (Wildman–Crippen MR) is 121 cm³/mol. The van der Waals surface area contributed by atoms with Crippen molar-refractivity contribution in [3.8, 4) is 0 Å². The van der Waals surface area contributed by atoms with Gasteiger partial charge in [0.05, 0.1) is 0 Å². The van der Waals surface area contributed by atoms with Crippen LogP contribution in [0, 0.1) is 12.8 Å². The maximum atomic E-state index is 4.79. The lowest BCUT2D eigenvalue weighted by atomic mass is 9.82. The summed E-state index contributed by atoms with van der Waals surface area (Å²) in [5.41, 5.74) is 4.91. The van der Waals surface area contributed by atoms with Crippen LogP contribution in [0.25, 0.3) is 0 Å². The SMILES string of the molecule is Cc1nccc(N2CCC(c3ccc(N4CCNCC4)nc3)C(C)C2)c1C=P. The average Bonchev–Trinajstić information content (AvgIpc) is 2.74. The quantitative estimate of drug-likeness (QED) is 0.806. The molecule has 0 aromatic carbocycles. The molecule has 4 rings (SSSR count). The van der Waals surface area contributed by atoms with Crippen molar-refractivity contribution >= 4 is 26.2 Å². The van der Waals surface area contributed by atoms with Crippen LogP contribution in [0.5, 0.6) is 0 Å². The van der Waals surface area contributed by atoms with Gasteiger partial charge < -0.3 is 15.1 Å². The first-order valence-electron chi connectivity index (χ1n) is 10.3. The molecule has 2 aliphatic heterocycles. The molecule has 2 saturated heterocycles. The normalized spacial score (nSPS) is 22.9. The second-order valence-corrected chi connectivity index (χ2v) is 8.27. The lowest BCUT2D eigenvalue weighted by Crippen LogP contribution is -2.43. The molecule has 0 bridgehead atoms. The summed E-state index contributed by atoms with van der Waals surface area (Å²) in [4.78, 5) is 14.1. The van der Waals surface area contributed by atoms with E-state index in [1.807, 2.05) is 12.0 Å². The fourth-order valence-electron chi connectivity index (χ4n) is 4.58. The molecule has 2 aromatic heterocycles. The van der Waals surface area contributed by atoms with Crippen LogP contribution in [0.2, 0.25) is 0 Å². The summed E-state index contributed by atoms with van der Waals surface area (Å²) in [6.45, 7) is 10.7. The number of nitrogens with one attached hydrogen (secondary N) is 1. The van der Waals surface area contributed by atoms with Gasteiger partial charge >= 0.3 is 0 Å². The molecule has 0 saturated carbocycles. The van der Waals surface area contributed by atoms with E-state index >= 15 is 0 Å². The van der Waals surface area contributed by atoms with Gasteiger partial charge in [0.15, 0.2) is 0 Å². The standard InChI is InChI=1S/C22H30N5P/c1-16-14-27(21-5-7-24-17(2)20(21)15-28)10-6-19(16)18-3-4-22(25-13-18)26-11-8-23-9-12-26/h3-5,7,13,15-16,19,23,28H,6,8-12,14H2,1-2H3. The Hall–Kier alpha value is -1.97. The maximum absolute atomic E-state index is 4.79. The number of piperidine rings is 1. The van der Waals surface area contributed by atoms with Crippen molar-refractivity contribution in [2.24, 2.45) is 5.92 Å². The van der Waals surface area contributed by atoms with Crippen LogP contribution in [-0.4, -0.2) is 55.0 Å². The van der Waals surface area contributed by atoms with Crippen molar-refractivity contribution < 1.29 is 0 Å². The van der Waals surface area contributed by atoms with Gasteiger partial charge in [0.1, 0.15) is 5.82 Å². The second-order valence-electron chi connectivity index (χ2n) is 7.98. The minimum atomic E-state index is 0.569. The maximum Gasteiger partial charge on any atom is 0.128 e. The fraction of sp³-hybridized carbons (Fsp3) is 0.500. The summed E-state index contributed by atoms with van der Waals surface area (Å²) in [5.74, 6) is 4.25. The van der Waals surface area contributed by atoms with Crippen LogP contribution in [0.1, 0.15) is 36.1 Å². The zero-order valence-electron chi connectivity index (χ0n) is 16.9. The Morgan fingerprint density at radius 3 is 2.61 bits per heavy atom. The molecule has 6 heteroatoms. The summed E-state index contributed by atoms with van der Waals surface area (Å²) in [7, 11) is 3.57. The van der Waals surface area contributed by atoms with Gasteiger partial charge in [0.25, 0.3) is 0 Å². The monoisotopic (exact) mass is 395 g/mol. The van der Waals surface area contributed by atoms with Crippen molar-refractivity contribution in [1.82, 2.24) is 15.3 Å². The number of pyridine rings is 2. The van der Waals surface area contributed by atoms with Gasteiger partial charge in [0.2, 0.25) is 0 Å². The molecule has 2 unspecified atom stereocenters. The van der Waals surface area contributed by atoms with Crippen molar-refractivity contribution in [1.29, 1.82) is 0 Å². The lowest BCUT2D eigenvalue weighted by Gasteiger charge is -2.39. The minimum absolute atomic E-state index is 0.569. The third kappa shape index (κ3) is 3.92. The lowest BCUT2D eigenvalue weighted by molar-refractivity contribution is 0.383. The first-order valence-corrected chi connectivity index (χ1v) is 10.9. The summed E-state index contributed by atoms with van der Waals surface area (Å²) in [5, 5.41) is 3.40. The van der Waals surface area contributed by atoms with Crippen molar-refractivity contribution in [3.63, 3.8) is 0 Å². The molecule has 0 radical (unpaired) electrons. The fourth-order valence-corrected chi connectivity index (χ4v) is 4.93. The first-order chi connectivity index (χ1) is 13.7. The Labute approximate surface area is 170 Å². The van der Waals surface area contributed by atoms with E-state index in [9.17, 15) is 0 Å². The molecule has 4 heterocycles. The molecule has 0 amide bonds. The van der Waals surface area contributed by atoms with E-state index in [0.29, 0.717) is 11.8 Å². The summed E-state index contributed by atoms with van der Waals surface area (Å²) >= 11 is 0. The van der Waals surface area contributed by atoms with E-state index in [1.165, 1.54) is 16.8 Å². The van der Waals surface area contributed by atoms with E-state index < -0.39 is 0 Å². The molecule has 2 fully saturated rings. The number of nitrogens with zero attached hydrogens (tertiary/aromatic N) is 4. The number of hydrogen-bond acceptors (Lipinski definition) is 5. The summed E-state index contributed by atoms with van der Waals surface area (Å²) in [6.07, 6.45) is 5.18. The van der Waals surface area contributed by atoms with Gasteiger partial charge in [-0.3, -0.25) is 4.98 Å². The highest BCUT2D eigenvalue weighted by Crippen LogP contribution is 2.36. The van der Waals surface area contributed by atoms with E-state index in [1.54, 1.807) is 0 Å². The molecule has 148 valence electrons. The number of anilines is 2. The van der Waals surface area contributed by atoms with E-state index in [-0.39, 0.29) is 0 Å². The molecular formula is C22H30N5P. The van der Waals surface area contributed by atoms with Gasteiger partial charge in [-0.15, -0.1) is 8.86 Å². The molecule has 5 nitrogen and oxygen atoms in total. The van der Waals surface area contributed by atoms with Gasteiger partial charge in [0, 0.05) is 68.6 Å². The van der Waals surface area contributed by atoms with Crippen LogP contribution < -0.4 is 15.1 Å². The smallest absolute Gasteiger partial charge is 0.128 e. The molecule has 2 aromatic rings. The molecule has 2 atom stereocenters. The number of hydrogen-bond donors (Lipinski definition) is 1. The minimum Gasteiger partial charge on any atom is -0.371 e. The van der Waals surface area contributed by atoms with Crippen molar-refractivity contribution in [2.75, 3.05) is 49.1 Å². The Morgan fingerprint density at radius 2 is 1.93 bits per heavy atom. The number of aromatic nitrogens is 2. The molecule has 1 N–H and O–H groups in total. The van der Waals surface area contributed by atoms with E-state index in [2.05, 4.69) is 67.2 Å². The Balaban J connectivity index is 1.46. The highest BCUT2D eigenvalue weighted by molar-refractivity contribution is 7.19. The summed E-state index contributed by atoms with van der Waals surface area (Å²) < 4.78 is 0. The Morgan fingerprint density at radius 1 is 1.11 bits per heavy atom. The van der Waals surface area contributed by atoms with Crippen LogP contribution >= 0.6 is 8.86 Å². The predicted octanol–water partition coefficient (Wildman–Crippen LogP) is 3.12. The first kappa shape index (κ1) is 19.4. The van der Waals surface area contributed by atoms with Gasteiger partial charge in [-0.1, -0.05) is 13.0 Å². The highest BCUT2D eigenvalue weighted by atomic mass is 31.0. The summed E-state index contributed by atoms with van der Waals surface area (Å²) in [6, 6.07) is 6.65. The topological polar surface area (TPSA) is 44.3 Å². The zero-order chi connectivity index (χ0) is 19.5. The van der Waals surface area contributed by atoms with Crippen LogP contribution in [-0.2, 0) is 0 Å². The van der Waals surface area contributed by atoms with Crippen LogP contribution in [0.3, 0.4) is 0 Å². The average molecular weight is 395 g/mol. The van der Waals surface area contributed by atoms with Gasteiger partial charge in [-0.2, -0.15) is 0 Å². The van der Waals surface area contributed by atoms with Crippen LogP contribution in [0.4, 0.5) is 11.5 Å². The Kier molecular flexibility index (Phi) is 5.93. The third-order valence-electron chi connectivity index (χ3n) is 6.20. The van der Waals surface area contributed by atoms with Gasteiger partial charge in [-0.25, -0.2) is 4.98 Å². The molecule has 28 heavy (non-hydrogen) atoms. The third-order valence-corrected chi connectivity index (χ3v) is 6.49. The highest BCUT2D eigenvalue weighted by Gasteiger charge is 2.29. The van der Waals surface area contributed by atoms with E-state index in [0.717, 1.165) is 57.2 Å². The molecule has 0 aliphatic carbocycles. The number of aryl methyl sites for hydroxylation is 1. The largest absolute Gasteiger partial charge is 0.371 e. The Bertz CT molecular complexity index is 816. The number of rotatable bonds is 4. The second kappa shape index (κ2) is 8.59.